The van der Waals surface area contributed by atoms with E-state index in [0.717, 1.165) is 0 Å². The summed E-state index contributed by atoms with van der Waals surface area (Å²) < 4.78 is 26.3. The molecule has 5 atom stereocenters. The Morgan fingerprint density at radius 3 is 1.87 bits per heavy atom. The molecule has 1 fully saturated rings. The number of ether oxygens (including phenoxy) is 5. The van der Waals surface area contributed by atoms with Crippen molar-refractivity contribution in [3.8, 4) is 0 Å². The predicted molar refractivity (Wildman–Crippen MR) is 79.8 cm³/mol. The van der Waals surface area contributed by atoms with Crippen molar-refractivity contribution in [2.45, 2.75) is 37.6 Å². The van der Waals surface area contributed by atoms with Crippen LogP contribution in [0.1, 0.15) is 6.92 Å². The molecule has 0 aromatic heterocycles. The summed E-state index contributed by atoms with van der Waals surface area (Å²) in [6, 6.07) is 0. The summed E-state index contributed by atoms with van der Waals surface area (Å²) in [6.07, 6.45) is -5.32. The van der Waals surface area contributed by atoms with Crippen LogP contribution in [0.15, 0.2) is 0 Å². The summed E-state index contributed by atoms with van der Waals surface area (Å²) in [4.78, 5) is 0. The maximum atomic E-state index is 9.75. The van der Waals surface area contributed by atoms with Crippen molar-refractivity contribution in [2.75, 3.05) is 52.8 Å². The van der Waals surface area contributed by atoms with E-state index in [9.17, 15) is 15.3 Å². The van der Waals surface area contributed by atoms with Gasteiger partial charge in [0.05, 0.1) is 52.4 Å². The summed E-state index contributed by atoms with van der Waals surface area (Å²) >= 11 is 0. The van der Waals surface area contributed by atoms with Crippen LogP contribution < -0.4 is 5.73 Å². The minimum atomic E-state index is -1.29. The fraction of sp³-hybridized carbons (Fsp3) is 1.00. The molecule has 1 saturated heterocycles. The van der Waals surface area contributed by atoms with Gasteiger partial charge in [-0.05, 0) is 6.92 Å². The van der Waals surface area contributed by atoms with Crippen molar-refractivity contribution in [3.05, 3.63) is 0 Å². The lowest BCUT2D eigenvalue weighted by molar-refractivity contribution is -0.294. The van der Waals surface area contributed by atoms with E-state index in [1.54, 1.807) is 6.92 Å². The highest BCUT2D eigenvalue weighted by Crippen LogP contribution is 2.21. The van der Waals surface area contributed by atoms with Gasteiger partial charge in [-0.1, -0.05) is 0 Å². The molecule has 0 spiro atoms. The summed E-state index contributed by atoms with van der Waals surface area (Å²) in [5, 5.41) is 28.9. The van der Waals surface area contributed by atoms with Gasteiger partial charge in [0.15, 0.2) is 6.29 Å². The Morgan fingerprint density at radius 1 is 0.783 bits per heavy atom. The lowest BCUT2D eigenvalue weighted by Gasteiger charge is -2.38. The molecule has 1 aliphatic heterocycles. The van der Waals surface area contributed by atoms with Crippen LogP contribution in [0.4, 0.5) is 0 Å². The quantitative estimate of drug-likeness (QED) is 0.293. The van der Waals surface area contributed by atoms with Crippen molar-refractivity contribution in [2.24, 2.45) is 5.73 Å². The molecule has 5 N–H and O–H groups in total. The highest BCUT2D eigenvalue weighted by molar-refractivity contribution is 4.87. The molecule has 9 heteroatoms. The van der Waals surface area contributed by atoms with Crippen LogP contribution in [-0.2, 0) is 23.7 Å². The predicted octanol–water partition coefficient (Wildman–Crippen LogP) is -2.16. The molecule has 0 aromatic carbocycles. The first-order valence-corrected chi connectivity index (χ1v) is 7.82. The van der Waals surface area contributed by atoms with Gasteiger partial charge in [-0.2, -0.15) is 0 Å². The summed E-state index contributed by atoms with van der Waals surface area (Å²) in [7, 11) is 0. The number of hydrogen-bond donors (Lipinski definition) is 4. The van der Waals surface area contributed by atoms with Crippen LogP contribution in [0.2, 0.25) is 0 Å². The van der Waals surface area contributed by atoms with Gasteiger partial charge in [0.25, 0.3) is 0 Å². The van der Waals surface area contributed by atoms with Crippen LogP contribution >= 0.6 is 0 Å². The molecule has 0 amide bonds. The van der Waals surface area contributed by atoms with E-state index in [1.807, 2.05) is 0 Å². The number of rotatable bonds is 12. The maximum Gasteiger partial charge on any atom is 0.186 e. The molecule has 0 saturated carbocycles. The minimum Gasteiger partial charge on any atom is -0.388 e. The summed E-state index contributed by atoms with van der Waals surface area (Å²) in [5.41, 5.74) is 5.27. The fourth-order valence-electron chi connectivity index (χ4n) is 2.00. The molecular weight excluding hydrogens is 310 g/mol. The smallest absolute Gasteiger partial charge is 0.186 e. The van der Waals surface area contributed by atoms with E-state index in [1.165, 1.54) is 0 Å². The highest BCUT2D eigenvalue weighted by atomic mass is 16.7. The molecule has 0 aliphatic carbocycles. The van der Waals surface area contributed by atoms with Crippen LogP contribution in [0.5, 0.6) is 0 Å². The van der Waals surface area contributed by atoms with Gasteiger partial charge >= 0.3 is 0 Å². The van der Waals surface area contributed by atoms with Gasteiger partial charge in [0.1, 0.15) is 18.3 Å². The number of nitrogens with two attached hydrogens (primary N) is 1. The van der Waals surface area contributed by atoms with E-state index in [0.29, 0.717) is 46.2 Å². The Labute approximate surface area is 136 Å². The Morgan fingerprint density at radius 2 is 1.30 bits per heavy atom. The first kappa shape index (κ1) is 20.7. The first-order chi connectivity index (χ1) is 11.1. The molecule has 1 heterocycles. The Kier molecular flexibility index (Phi) is 10.9. The number of aliphatic hydroxyl groups excluding tert-OH is 3. The number of aliphatic hydroxyl groups is 3. The maximum absolute atomic E-state index is 9.75. The highest BCUT2D eigenvalue weighted by Gasteiger charge is 2.42. The largest absolute Gasteiger partial charge is 0.388 e. The van der Waals surface area contributed by atoms with Gasteiger partial charge in [0.2, 0.25) is 0 Å². The lowest BCUT2D eigenvalue weighted by Crippen LogP contribution is -2.57. The summed E-state index contributed by atoms with van der Waals surface area (Å²) in [6.45, 7) is 4.95. The average Bonchev–Trinajstić information content (AvgIpc) is 2.55. The van der Waals surface area contributed by atoms with Gasteiger partial charge in [-0.25, -0.2) is 0 Å². The van der Waals surface area contributed by atoms with Gasteiger partial charge in [-0.15, -0.1) is 0 Å². The fourth-order valence-corrected chi connectivity index (χ4v) is 2.00. The SMILES string of the molecule is CC1OC(OCCOCCOCCOCCN)C(O)C(O)C1O. The van der Waals surface area contributed by atoms with Crippen molar-refractivity contribution in [3.63, 3.8) is 0 Å². The first-order valence-electron chi connectivity index (χ1n) is 7.82. The molecule has 1 rings (SSSR count). The van der Waals surface area contributed by atoms with E-state index in [4.69, 9.17) is 29.4 Å². The topological polar surface area (TPSA) is 133 Å². The molecule has 23 heavy (non-hydrogen) atoms. The normalized spacial score (nSPS) is 31.4. The second kappa shape index (κ2) is 12.1. The summed E-state index contributed by atoms with van der Waals surface area (Å²) in [5.74, 6) is 0. The zero-order valence-electron chi connectivity index (χ0n) is 13.5. The molecule has 0 radical (unpaired) electrons. The van der Waals surface area contributed by atoms with E-state index in [-0.39, 0.29) is 6.61 Å². The van der Waals surface area contributed by atoms with Gasteiger partial charge in [0, 0.05) is 6.54 Å². The van der Waals surface area contributed by atoms with Gasteiger partial charge < -0.3 is 44.7 Å². The second-order valence-electron chi connectivity index (χ2n) is 5.18. The zero-order valence-corrected chi connectivity index (χ0v) is 13.5. The van der Waals surface area contributed by atoms with Crippen molar-refractivity contribution >= 4 is 0 Å². The molecule has 138 valence electrons. The molecule has 0 aromatic rings. The van der Waals surface area contributed by atoms with Crippen LogP contribution in [0.3, 0.4) is 0 Å². The Balaban J connectivity index is 1.96. The second-order valence-corrected chi connectivity index (χ2v) is 5.18. The van der Waals surface area contributed by atoms with Crippen LogP contribution in [0, 0.1) is 0 Å². The van der Waals surface area contributed by atoms with E-state index >= 15 is 0 Å². The minimum absolute atomic E-state index is 0.191. The number of hydrogen-bond acceptors (Lipinski definition) is 9. The Bertz CT molecular complexity index is 296. The van der Waals surface area contributed by atoms with Crippen molar-refractivity contribution < 1.29 is 39.0 Å². The van der Waals surface area contributed by atoms with Crippen molar-refractivity contribution in [1.82, 2.24) is 0 Å². The zero-order chi connectivity index (χ0) is 17.1. The Hall–Kier alpha value is -0.360. The lowest BCUT2D eigenvalue weighted by atomic mass is 10.0. The van der Waals surface area contributed by atoms with Crippen molar-refractivity contribution in [1.29, 1.82) is 0 Å². The van der Waals surface area contributed by atoms with Crippen LogP contribution in [0.25, 0.3) is 0 Å². The third kappa shape index (κ3) is 7.84. The average molecular weight is 339 g/mol. The van der Waals surface area contributed by atoms with E-state index in [2.05, 4.69) is 0 Å². The van der Waals surface area contributed by atoms with Gasteiger partial charge in [-0.3, -0.25) is 0 Å². The molecule has 9 nitrogen and oxygen atoms in total. The molecule has 5 unspecified atom stereocenters. The standard InChI is InChI=1S/C14H29NO8/c1-10-11(16)12(17)13(18)14(23-10)22-9-8-21-7-6-20-5-4-19-3-2-15/h10-14,16-18H,2-9,15H2,1H3. The molecule has 1 aliphatic rings. The third-order valence-electron chi connectivity index (χ3n) is 3.32. The molecular formula is C14H29NO8. The van der Waals surface area contributed by atoms with E-state index < -0.39 is 30.7 Å². The monoisotopic (exact) mass is 339 g/mol. The van der Waals surface area contributed by atoms with Crippen LogP contribution in [-0.4, -0.2) is 98.8 Å². The third-order valence-corrected chi connectivity index (χ3v) is 3.32. The molecule has 0 bridgehead atoms.